The van der Waals surface area contributed by atoms with Crippen LogP contribution in [0.5, 0.6) is 5.75 Å². The van der Waals surface area contributed by atoms with Gasteiger partial charge in [-0.3, -0.25) is 9.78 Å². The van der Waals surface area contributed by atoms with Crippen molar-refractivity contribution in [3.63, 3.8) is 0 Å². The van der Waals surface area contributed by atoms with Crippen LogP contribution in [0, 0.1) is 11.3 Å². The van der Waals surface area contributed by atoms with Crippen molar-refractivity contribution >= 4 is 5.91 Å². The van der Waals surface area contributed by atoms with Gasteiger partial charge in [0.2, 0.25) is 5.91 Å². The highest BCUT2D eigenvalue weighted by Gasteiger charge is 2.48. The largest absolute Gasteiger partial charge is 0.491 e. The van der Waals surface area contributed by atoms with E-state index in [9.17, 15) is 4.79 Å². The van der Waals surface area contributed by atoms with Crippen molar-refractivity contribution in [3.8, 4) is 5.75 Å². The van der Waals surface area contributed by atoms with Crippen LogP contribution in [-0.2, 0) is 9.53 Å². The second kappa shape index (κ2) is 6.71. The molecule has 24 heavy (non-hydrogen) atoms. The smallest absolute Gasteiger partial charge is 0.222 e. The number of amides is 1. The molecule has 130 valence electrons. The molecule has 0 bridgehead atoms. The highest BCUT2D eigenvalue weighted by molar-refractivity contribution is 5.77. The van der Waals surface area contributed by atoms with Crippen LogP contribution in [0.25, 0.3) is 0 Å². The number of pyridine rings is 1. The van der Waals surface area contributed by atoms with E-state index in [0.29, 0.717) is 18.4 Å². The van der Waals surface area contributed by atoms with Gasteiger partial charge in [-0.1, -0.05) is 0 Å². The van der Waals surface area contributed by atoms with Crippen LogP contribution in [0.15, 0.2) is 24.5 Å². The van der Waals surface area contributed by atoms with Crippen LogP contribution < -0.4 is 4.74 Å². The zero-order chi connectivity index (χ0) is 16.4. The minimum Gasteiger partial charge on any atom is -0.491 e. The summed E-state index contributed by atoms with van der Waals surface area (Å²) in [4.78, 5) is 18.8. The van der Waals surface area contributed by atoms with Crippen LogP contribution in [-0.4, -0.2) is 48.2 Å². The lowest BCUT2D eigenvalue weighted by molar-refractivity contribution is -0.158. The first-order chi connectivity index (χ1) is 11.8. The Kier molecular flexibility index (Phi) is 4.44. The average Bonchev–Trinajstić information content (AvgIpc) is 3.44. The van der Waals surface area contributed by atoms with Crippen LogP contribution in [0.3, 0.4) is 0 Å². The molecule has 3 heterocycles. The molecular weight excluding hydrogens is 304 g/mol. The Balaban J connectivity index is 1.45. The molecule has 2 saturated heterocycles. The Morgan fingerprint density at radius 3 is 3.12 bits per heavy atom. The predicted molar refractivity (Wildman–Crippen MR) is 89.7 cm³/mol. The number of carbonyl (C=O) groups is 1. The number of piperidine rings is 1. The second-order valence-electron chi connectivity index (χ2n) is 7.55. The maximum absolute atomic E-state index is 12.6. The lowest BCUT2D eigenvalue weighted by Gasteiger charge is -2.50. The van der Waals surface area contributed by atoms with E-state index in [1.165, 1.54) is 12.8 Å². The number of carbonyl (C=O) groups excluding carboxylic acids is 1. The predicted octanol–water partition coefficient (Wildman–Crippen LogP) is 2.66. The van der Waals surface area contributed by atoms with Crippen LogP contribution in [0.1, 0.15) is 38.5 Å². The van der Waals surface area contributed by atoms with E-state index >= 15 is 0 Å². The van der Waals surface area contributed by atoms with Crippen LogP contribution >= 0.6 is 0 Å². The van der Waals surface area contributed by atoms with Gasteiger partial charge in [-0.15, -0.1) is 0 Å². The van der Waals surface area contributed by atoms with Crippen molar-refractivity contribution in [3.05, 3.63) is 24.5 Å². The molecule has 3 aliphatic rings. The summed E-state index contributed by atoms with van der Waals surface area (Å²) in [6, 6.07) is 3.81. The number of nitrogens with zero attached hydrogens (tertiary/aromatic N) is 2. The van der Waals surface area contributed by atoms with E-state index in [0.717, 1.165) is 51.1 Å². The summed E-state index contributed by atoms with van der Waals surface area (Å²) >= 11 is 0. The third-order valence-electron chi connectivity index (χ3n) is 5.66. The number of hydrogen-bond acceptors (Lipinski definition) is 4. The summed E-state index contributed by atoms with van der Waals surface area (Å²) in [5.74, 6) is 1.75. The Hall–Kier alpha value is -1.62. The molecule has 5 heteroatoms. The molecule has 5 nitrogen and oxygen atoms in total. The zero-order valence-electron chi connectivity index (χ0n) is 14.2. The second-order valence-corrected chi connectivity index (χ2v) is 7.55. The number of likely N-dealkylation sites (tertiary alicyclic amines) is 1. The van der Waals surface area contributed by atoms with E-state index in [-0.39, 0.29) is 11.5 Å². The molecule has 2 aliphatic heterocycles. The molecule has 1 aromatic rings. The van der Waals surface area contributed by atoms with Gasteiger partial charge >= 0.3 is 0 Å². The Bertz CT molecular complexity index is 575. The zero-order valence-corrected chi connectivity index (χ0v) is 14.2. The van der Waals surface area contributed by atoms with Crippen LogP contribution in [0.4, 0.5) is 0 Å². The molecule has 3 fully saturated rings. The minimum absolute atomic E-state index is 0.0778. The fraction of sp³-hybridized carbons (Fsp3) is 0.684. The third-order valence-corrected chi connectivity index (χ3v) is 5.66. The van der Waals surface area contributed by atoms with Crippen molar-refractivity contribution in [1.29, 1.82) is 0 Å². The summed E-state index contributed by atoms with van der Waals surface area (Å²) in [5, 5.41) is 0. The molecular formula is C19H26N2O3. The first-order valence-electron chi connectivity index (χ1n) is 9.17. The fourth-order valence-electron chi connectivity index (χ4n) is 4.07. The van der Waals surface area contributed by atoms with E-state index in [1.54, 1.807) is 12.4 Å². The lowest BCUT2D eigenvalue weighted by atomic mass is 9.73. The molecule has 0 unspecified atom stereocenters. The van der Waals surface area contributed by atoms with Gasteiger partial charge in [0.25, 0.3) is 0 Å². The summed E-state index contributed by atoms with van der Waals surface area (Å²) in [7, 11) is 0. The normalized spacial score (nSPS) is 29.8. The highest BCUT2D eigenvalue weighted by atomic mass is 16.5. The standard InChI is InChI=1S/C19H26N2O3/c22-18(11-15-4-5-15)21-9-6-17-19(13-21,7-2-10-23-17)14-24-16-3-1-8-20-12-16/h1,3,8,12,15,17H,2,4-7,9-11,13-14H2/t17-,19+/m0/s1. The molecule has 0 spiro atoms. The van der Waals surface area contributed by atoms with Gasteiger partial charge in [0, 0.05) is 37.7 Å². The molecule has 4 rings (SSSR count). The third kappa shape index (κ3) is 3.41. The van der Waals surface area contributed by atoms with Crippen molar-refractivity contribution in [1.82, 2.24) is 9.88 Å². The Morgan fingerprint density at radius 2 is 2.33 bits per heavy atom. The topological polar surface area (TPSA) is 51.7 Å². The van der Waals surface area contributed by atoms with Crippen LogP contribution in [0.2, 0.25) is 0 Å². The summed E-state index contributed by atoms with van der Waals surface area (Å²) in [6.07, 6.45) is 9.89. The Morgan fingerprint density at radius 1 is 1.42 bits per heavy atom. The molecule has 1 saturated carbocycles. The number of ether oxygens (including phenoxy) is 2. The highest BCUT2D eigenvalue weighted by Crippen LogP contribution is 2.41. The number of aromatic nitrogens is 1. The number of fused-ring (bicyclic) bond motifs is 1. The first kappa shape index (κ1) is 15.9. The van der Waals surface area contributed by atoms with Gasteiger partial charge in [-0.05, 0) is 50.2 Å². The number of hydrogen-bond donors (Lipinski definition) is 0. The van der Waals surface area contributed by atoms with Gasteiger partial charge < -0.3 is 14.4 Å². The maximum Gasteiger partial charge on any atom is 0.222 e. The number of rotatable bonds is 5. The molecule has 1 amide bonds. The first-order valence-corrected chi connectivity index (χ1v) is 9.17. The van der Waals surface area contributed by atoms with Crippen molar-refractivity contribution in [2.75, 3.05) is 26.3 Å². The van der Waals surface area contributed by atoms with E-state index in [4.69, 9.17) is 9.47 Å². The monoisotopic (exact) mass is 330 g/mol. The van der Waals surface area contributed by atoms with Gasteiger partial charge in [-0.2, -0.15) is 0 Å². The van der Waals surface area contributed by atoms with Gasteiger partial charge in [0.05, 0.1) is 18.9 Å². The lowest BCUT2D eigenvalue weighted by Crippen LogP contribution is -2.58. The fourth-order valence-corrected chi connectivity index (χ4v) is 4.07. The Labute approximate surface area is 143 Å². The van der Waals surface area contributed by atoms with Crippen molar-refractivity contribution in [2.45, 2.75) is 44.6 Å². The molecule has 1 aliphatic carbocycles. The van der Waals surface area contributed by atoms with E-state index in [1.807, 2.05) is 12.1 Å². The summed E-state index contributed by atoms with van der Waals surface area (Å²) in [6.45, 7) is 3.01. The quantitative estimate of drug-likeness (QED) is 0.833. The van der Waals surface area contributed by atoms with Gasteiger partial charge in [0.1, 0.15) is 5.75 Å². The van der Waals surface area contributed by atoms with E-state index < -0.39 is 0 Å². The van der Waals surface area contributed by atoms with Crippen molar-refractivity contribution in [2.24, 2.45) is 11.3 Å². The molecule has 0 aromatic carbocycles. The minimum atomic E-state index is -0.0778. The van der Waals surface area contributed by atoms with Gasteiger partial charge in [0.15, 0.2) is 0 Å². The average molecular weight is 330 g/mol. The molecule has 0 radical (unpaired) electrons. The molecule has 2 atom stereocenters. The SMILES string of the molecule is O=C(CC1CC1)N1CC[C@@H]2OCCC[C@]2(COc2cccnc2)C1. The van der Waals surface area contributed by atoms with Crippen molar-refractivity contribution < 1.29 is 14.3 Å². The van der Waals surface area contributed by atoms with Gasteiger partial charge in [-0.25, -0.2) is 0 Å². The van der Waals surface area contributed by atoms with E-state index in [2.05, 4.69) is 9.88 Å². The maximum atomic E-state index is 12.6. The summed E-state index contributed by atoms with van der Waals surface area (Å²) in [5.41, 5.74) is -0.0778. The summed E-state index contributed by atoms with van der Waals surface area (Å²) < 4.78 is 12.1. The molecule has 1 aromatic heterocycles. The molecule has 0 N–H and O–H groups in total.